The van der Waals surface area contributed by atoms with Crippen molar-refractivity contribution < 1.29 is 14.5 Å². The van der Waals surface area contributed by atoms with Crippen molar-refractivity contribution in [3.05, 3.63) is 48.0 Å². The van der Waals surface area contributed by atoms with Gasteiger partial charge in [-0.3, -0.25) is 4.79 Å². The largest absolute Gasteiger partial charge is 0.612 e. The summed E-state index contributed by atoms with van der Waals surface area (Å²) in [5, 5.41) is 12.7. The molecule has 3 N–H and O–H groups in total. The molecule has 0 saturated carbocycles. The number of amides is 1. The van der Waals surface area contributed by atoms with Gasteiger partial charge in [-0.15, -0.1) is 0 Å². The SMILES string of the molecule is C[C@H](O)[C@@H](CCc1ccccc1[S+](C)[O-])NC(=O)c1c[nH]cn1. The molecule has 2 aromatic rings. The first-order valence-electron chi connectivity index (χ1n) is 7.38. The van der Waals surface area contributed by atoms with Crippen molar-refractivity contribution in [1.82, 2.24) is 15.3 Å². The third-order valence-electron chi connectivity index (χ3n) is 3.64. The first kappa shape index (κ1) is 17.5. The van der Waals surface area contributed by atoms with Crippen LogP contribution in [-0.4, -0.2) is 43.9 Å². The zero-order valence-electron chi connectivity index (χ0n) is 13.2. The standard InChI is InChI=1S/C16H21N3O3S/c1-11(20)13(19-16(21)14-9-17-10-18-14)8-7-12-5-3-4-6-15(12)23(2)22/h3-6,9-11,13,20H,7-8H2,1-2H3,(H,17,18)(H,19,21)/t11-,13+,23?/m0/s1. The predicted molar refractivity (Wildman–Crippen MR) is 88.6 cm³/mol. The number of carbonyl (C=O) groups is 1. The number of imidazole rings is 1. The molecule has 2 rings (SSSR count). The van der Waals surface area contributed by atoms with E-state index in [1.54, 1.807) is 13.2 Å². The van der Waals surface area contributed by atoms with Crippen LogP contribution in [0.15, 0.2) is 41.7 Å². The minimum absolute atomic E-state index is 0.283. The fourth-order valence-corrected chi connectivity index (χ4v) is 3.17. The van der Waals surface area contributed by atoms with Crippen molar-refractivity contribution in [1.29, 1.82) is 0 Å². The molecule has 1 aromatic carbocycles. The molecule has 1 unspecified atom stereocenters. The lowest BCUT2D eigenvalue weighted by Crippen LogP contribution is -2.42. The van der Waals surface area contributed by atoms with Gasteiger partial charge in [0.2, 0.25) is 0 Å². The van der Waals surface area contributed by atoms with Crippen molar-refractivity contribution in [2.75, 3.05) is 6.26 Å². The van der Waals surface area contributed by atoms with Crippen LogP contribution in [0.25, 0.3) is 0 Å². The van der Waals surface area contributed by atoms with E-state index in [4.69, 9.17) is 0 Å². The van der Waals surface area contributed by atoms with Gasteiger partial charge in [0.15, 0.2) is 4.90 Å². The average molecular weight is 335 g/mol. The van der Waals surface area contributed by atoms with Crippen LogP contribution >= 0.6 is 0 Å². The number of aromatic amines is 1. The number of rotatable bonds is 7. The molecule has 0 radical (unpaired) electrons. The van der Waals surface area contributed by atoms with Crippen LogP contribution in [0.1, 0.15) is 29.4 Å². The molecule has 0 fully saturated rings. The van der Waals surface area contributed by atoms with E-state index >= 15 is 0 Å². The second-order valence-corrected chi connectivity index (χ2v) is 6.72. The van der Waals surface area contributed by atoms with Gasteiger partial charge in [0.05, 0.1) is 18.5 Å². The minimum atomic E-state index is -1.06. The van der Waals surface area contributed by atoms with Crippen molar-refractivity contribution in [2.24, 2.45) is 0 Å². The Hall–Kier alpha value is -1.83. The summed E-state index contributed by atoms with van der Waals surface area (Å²) in [6.45, 7) is 1.64. The molecular weight excluding hydrogens is 314 g/mol. The van der Waals surface area contributed by atoms with Gasteiger partial charge in [-0.1, -0.05) is 18.2 Å². The van der Waals surface area contributed by atoms with E-state index in [2.05, 4.69) is 15.3 Å². The van der Waals surface area contributed by atoms with Crippen molar-refractivity contribution >= 4 is 17.1 Å². The molecule has 6 nitrogen and oxygen atoms in total. The highest BCUT2D eigenvalue weighted by Crippen LogP contribution is 2.18. The van der Waals surface area contributed by atoms with Crippen LogP contribution in [0.4, 0.5) is 0 Å². The lowest BCUT2D eigenvalue weighted by molar-refractivity contribution is 0.0846. The zero-order chi connectivity index (χ0) is 16.8. The number of H-pyrrole nitrogens is 1. The Bertz CT molecular complexity index is 629. The molecule has 0 aliphatic carbocycles. The number of benzene rings is 1. The van der Waals surface area contributed by atoms with Crippen LogP contribution in [0.3, 0.4) is 0 Å². The molecule has 0 saturated heterocycles. The van der Waals surface area contributed by atoms with Gasteiger partial charge in [0.25, 0.3) is 5.91 Å². The van der Waals surface area contributed by atoms with Gasteiger partial charge in [-0.25, -0.2) is 4.98 Å². The summed E-state index contributed by atoms with van der Waals surface area (Å²) >= 11 is -1.06. The van der Waals surface area contributed by atoms with Gasteiger partial charge >= 0.3 is 0 Å². The predicted octanol–water partition coefficient (Wildman–Crippen LogP) is 1.26. The summed E-state index contributed by atoms with van der Waals surface area (Å²) in [4.78, 5) is 19.5. The Morgan fingerprint density at radius 2 is 2.22 bits per heavy atom. The van der Waals surface area contributed by atoms with Crippen LogP contribution in [-0.2, 0) is 17.6 Å². The molecular formula is C16H21N3O3S. The monoisotopic (exact) mass is 335 g/mol. The molecule has 0 spiro atoms. The van der Waals surface area contributed by atoms with Crippen molar-refractivity contribution in [3.8, 4) is 0 Å². The summed E-state index contributed by atoms with van der Waals surface area (Å²) < 4.78 is 11.8. The Morgan fingerprint density at radius 3 is 2.83 bits per heavy atom. The second-order valence-electron chi connectivity index (χ2n) is 5.38. The van der Waals surface area contributed by atoms with Gasteiger partial charge in [0, 0.05) is 11.8 Å². The summed E-state index contributed by atoms with van der Waals surface area (Å²) in [7, 11) is 0. The number of carbonyl (C=O) groups excluding carboxylic acids is 1. The number of hydrogen-bond donors (Lipinski definition) is 3. The van der Waals surface area contributed by atoms with Gasteiger partial charge in [-0.05, 0) is 37.0 Å². The van der Waals surface area contributed by atoms with Crippen molar-refractivity contribution in [3.63, 3.8) is 0 Å². The van der Waals surface area contributed by atoms with E-state index in [0.29, 0.717) is 12.8 Å². The Labute approximate surface area is 138 Å². The topological polar surface area (TPSA) is 101 Å². The summed E-state index contributed by atoms with van der Waals surface area (Å²) in [6, 6.07) is 7.10. The molecule has 1 amide bonds. The fourth-order valence-electron chi connectivity index (χ4n) is 2.36. The van der Waals surface area contributed by atoms with E-state index in [1.807, 2.05) is 24.3 Å². The normalized spacial score (nSPS) is 15.0. The number of aliphatic hydroxyl groups is 1. The first-order chi connectivity index (χ1) is 11.0. The van der Waals surface area contributed by atoms with Crippen LogP contribution < -0.4 is 5.32 Å². The van der Waals surface area contributed by atoms with Crippen LogP contribution in [0.2, 0.25) is 0 Å². The molecule has 1 aromatic heterocycles. The Balaban J connectivity index is 2.02. The molecule has 7 heteroatoms. The molecule has 1 heterocycles. The third kappa shape index (κ3) is 4.82. The maximum absolute atomic E-state index is 12.1. The van der Waals surface area contributed by atoms with Crippen LogP contribution in [0.5, 0.6) is 0 Å². The van der Waals surface area contributed by atoms with E-state index in [9.17, 15) is 14.5 Å². The second kappa shape index (κ2) is 8.14. The highest BCUT2D eigenvalue weighted by molar-refractivity contribution is 7.90. The zero-order valence-corrected chi connectivity index (χ0v) is 14.0. The highest BCUT2D eigenvalue weighted by atomic mass is 32.2. The molecule has 23 heavy (non-hydrogen) atoms. The molecule has 124 valence electrons. The molecule has 0 bridgehead atoms. The number of nitrogens with zero attached hydrogens (tertiary/aromatic N) is 1. The molecule has 0 aliphatic heterocycles. The van der Waals surface area contributed by atoms with E-state index in [1.165, 1.54) is 12.5 Å². The van der Waals surface area contributed by atoms with Crippen molar-refractivity contribution in [2.45, 2.75) is 36.8 Å². The Morgan fingerprint density at radius 1 is 1.48 bits per heavy atom. The first-order valence-corrected chi connectivity index (χ1v) is 8.94. The Kier molecular flexibility index (Phi) is 6.20. The maximum Gasteiger partial charge on any atom is 0.271 e. The summed E-state index contributed by atoms with van der Waals surface area (Å²) in [5.41, 5.74) is 1.25. The quantitative estimate of drug-likeness (QED) is 0.663. The number of nitrogens with one attached hydrogen (secondary N) is 2. The lowest BCUT2D eigenvalue weighted by atomic mass is 10.0. The highest BCUT2D eigenvalue weighted by Gasteiger charge is 2.21. The smallest absolute Gasteiger partial charge is 0.271 e. The maximum atomic E-state index is 12.1. The molecule has 3 atom stereocenters. The van der Waals surface area contributed by atoms with E-state index in [-0.39, 0.29) is 11.6 Å². The summed E-state index contributed by atoms with van der Waals surface area (Å²) in [5.74, 6) is -0.329. The van der Waals surface area contributed by atoms with E-state index in [0.717, 1.165) is 10.5 Å². The van der Waals surface area contributed by atoms with Gasteiger partial charge in [-0.2, -0.15) is 0 Å². The van der Waals surface area contributed by atoms with E-state index < -0.39 is 23.3 Å². The average Bonchev–Trinajstić information content (AvgIpc) is 3.05. The van der Waals surface area contributed by atoms with Crippen LogP contribution in [0, 0.1) is 0 Å². The fraction of sp³-hybridized carbons (Fsp3) is 0.375. The number of hydrogen-bond acceptors (Lipinski definition) is 4. The van der Waals surface area contributed by atoms with Gasteiger partial charge in [0.1, 0.15) is 11.9 Å². The third-order valence-corrected chi connectivity index (χ3v) is 4.65. The number of aromatic nitrogens is 2. The number of aliphatic hydroxyl groups excluding tert-OH is 1. The lowest BCUT2D eigenvalue weighted by Gasteiger charge is -2.21. The van der Waals surface area contributed by atoms with Gasteiger partial charge < -0.3 is 20.0 Å². The summed E-state index contributed by atoms with van der Waals surface area (Å²) in [6.07, 6.45) is 5.04. The minimum Gasteiger partial charge on any atom is -0.612 e. The number of aryl methyl sites for hydroxylation is 1. The molecule has 0 aliphatic rings.